The monoisotopic (exact) mass is 183 g/mol. The van der Waals surface area contributed by atoms with Crippen LogP contribution >= 0.6 is 0 Å². The SMILES string of the molecule is [C+]1=CC=CC1/C=N\N=C/C1C=CC=C1. The Morgan fingerprint density at radius 2 is 1.71 bits per heavy atom. The minimum Gasteiger partial charge on any atom is -0.163 e. The van der Waals surface area contributed by atoms with Gasteiger partial charge in [0.1, 0.15) is 0 Å². The van der Waals surface area contributed by atoms with Crippen molar-refractivity contribution in [3.63, 3.8) is 0 Å². The molecule has 0 spiro atoms. The molecule has 0 aliphatic heterocycles. The predicted octanol–water partition coefficient (Wildman–Crippen LogP) is 2.33. The third kappa shape index (κ3) is 2.35. The molecule has 2 nitrogen and oxygen atoms in total. The first-order valence-electron chi connectivity index (χ1n) is 4.63. The fraction of sp³-hybridized carbons (Fsp3) is 0.167. The van der Waals surface area contributed by atoms with Crippen molar-refractivity contribution < 1.29 is 0 Å². The van der Waals surface area contributed by atoms with Crippen LogP contribution in [-0.4, -0.2) is 12.4 Å². The van der Waals surface area contributed by atoms with Gasteiger partial charge in [0.2, 0.25) is 0 Å². The standard InChI is InChI=1S/C12H11N2/c1-2-6-11(5-1)9-13-14-10-12-7-3-4-8-12/h1-7,9-12H/q+1/b13-9-,14-10-. The van der Waals surface area contributed by atoms with E-state index < -0.39 is 0 Å². The van der Waals surface area contributed by atoms with Crippen LogP contribution in [0.3, 0.4) is 0 Å². The molecule has 0 N–H and O–H groups in total. The molecule has 0 amide bonds. The highest BCUT2D eigenvalue weighted by molar-refractivity contribution is 5.70. The molecule has 1 atom stereocenters. The summed E-state index contributed by atoms with van der Waals surface area (Å²) >= 11 is 0. The van der Waals surface area contributed by atoms with Gasteiger partial charge in [-0.2, -0.15) is 10.2 Å². The Morgan fingerprint density at radius 3 is 2.43 bits per heavy atom. The Morgan fingerprint density at radius 1 is 0.929 bits per heavy atom. The van der Waals surface area contributed by atoms with Gasteiger partial charge in [-0.25, -0.2) is 0 Å². The topological polar surface area (TPSA) is 24.7 Å². The fourth-order valence-corrected chi connectivity index (χ4v) is 1.26. The van der Waals surface area contributed by atoms with Gasteiger partial charge in [-0.05, 0) is 0 Å². The summed E-state index contributed by atoms with van der Waals surface area (Å²) in [7, 11) is 0. The van der Waals surface area contributed by atoms with Gasteiger partial charge in [-0.1, -0.05) is 24.3 Å². The van der Waals surface area contributed by atoms with Crippen LogP contribution in [0.15, 0.2) is 52.7 Å². The minimum atomic E-state index is 0.196. The first-order chi connectivity index (χ1) is 6.95. The van der Waals surface area contributed by atoms with Crippen molar-refractivity contribution in [3.8, 4) is 0 Å². The largest absolute Gasteiger partial charge is 0.170 e. The molecule has 0 radical (unpaired) electrons. The van der Waals surface area contributed by atoms with Crippen LogP contribution in [0.25, 0.3) is 0 Å². The number of rotatable bonds is 3. The molecule has 0 heterocycles. The normalized spacial score (nSPS) is 24.7. The Bertz CT molecular complexity index is 297. The number of hydrogen-bond donors (Lipinski definition) is 0. The van der Waals surface area contributed by atoms with Crippen LogP contribution in [0.5, 0.6) is 0 Å². The lowest BCUT2D eigenvalue weighted by atomic mass is 10.2. The summed E-state index contributed by atoms with van der Waals surface area (Å²) in [6, 6.07) is 0. The van der Waals surface area contributed by atoms with Crippen LogP contribution in [0, 0.1) is 17.9 Å². The molecule has 0 bridgehead atoms. The average molecular weight is 183 g/mol. The molecule has 0 aromatic heterocycles. The Labute approximate surface area is 83.7 Å². The van der Waals surface area contributed by atoms with Crippen LogP contribution in [0.2, 0.25) is 0 Å². The van der Waals surface area contributed by atoms with Crippen LogP contribution < -0.4 is 0 Å². The first kappa shape index (κ1) is 8.79. The molecule has 2 aliphatic carbocycles. The highest BCUT2D eigenvalue weighted by Crippen LogP contribution is 2.06. The van der Waals surface area contributed by atoms with Gasteiger partial charge in [0, 0.05) is 18.2 Å². The quantitative estimate of drug-likeness (QED) is 0.364. The number of allylic oxidation sites excluding steroid dienone is 8. The molecule has 2 rings (SSSR count). The molecule has 2 aliphatic rings. The zero-order valence-corrected chi connectivity index (χ0v) is 7.75. The predicted molar refractivity (Wildman–Crippen MR) is 59.2 cm³/mol. The maximum atomic E-state index is 3.97. The van der Waals surface area contributed by atoms with Crippen molar-refractivity contribution in [3.05, 3.63) is 48.6 Å². The third-order valence-corrected chi connectivity index (χ3v) is 2.01. The molecule has 0 aromatic rings. The van der Waals surface area contributed by atoms with Gasteiger partial charge in [0.05, 0.1) is 18.4 Å². The Hall–Kier alpha value is -1.79. The maximum absolute atomic E-state index is 3.97. The summed E-state index contributed by atoms with van der Waals surface area (Å²) in [4.78, 5) is 0. The van der Waals surface area contributed by atoms with Crippen molar-refractivity contribution in [2.75, 3.05) is 0 Å². The van der Waals surface area contributed by atoms with Crippen molar-refractivity contribution in [2.24, 2.45) is 22.0 Å². The Kier molecular flexibility index (Phi) is 2.79. The second-order valence-corrected chi connectivity index (χ2v) is 3.12. The summed E-state index contributed by atoms with van der Waals surface area (Å²) in [5.74, 6) is 0.507. The molecule has 0 saturated heterocycles. The average Bonchev–Trinajstić information content (AvgIpc) is 2.86. The summed E-state index contributed by atoms with van der Waals surface area (Å²) < 4.78 is 0. The minimum absolute atomic E-state index is 0.196. The number of nitrogens with zero attached hydrogens (tertiary/aromatic N) is 2. The molecule has 0 fully saturated rings. The van der Waals surface area contributed by atoms with E-state index >= 15 is 0 Å². The lowest BCUT2D eigenvalue weighted by Crippen LogP contribution is -1.91. The van der Waals surface area contributed by atoms with Crippen molar-refractivity contribution >= 4 is 12.4 Å². The summed E-state index contributed by atoms with van der Waals surface area (Å²) in [5.41, 5.74) is 0. The molecular formula is C12H11N2+. The van der Waals surface area contributed by atoms with E-state index in [9.17, 15) is 0 Å². The van der Waals surface area contributed by atoms with Crippen LogP contribution in [0.1, 0.15) is 0 Å². The molecule has 0 saturated carbocycles. The zero-order valence-electron chi connectivity index (χ0n) is 7.75. The van der Waals surface area contributed by atoms with Gasteiger partial charge in [0.25, 0.3) is 0 Å². The van der Waals surface area contributed by atoms with Gasteiger partial charge in [-0.3, -0.25) is 0 Å². The molecular weight excluding hydrogens is 172 g/mol. The number of hydrogen-bond acceptors (Lipinski definition) is 2. The molecule has 2 heteroatoms. The maximum Gasteiger partial charge on any atom is 0.170 e. The van der Waals surface area contributed by atoms with Crippen molar-refractivity contribution in [1.82, 2.24) is 0 Å². The molecule has 0 aromatic carbocycles. The zero-order chi connectivity index (χ0) is 9.64. The van der Waals surface area contributed by atoms with Crippen LogP contribution in [-0.2, 0) is 0 Å². The summed E-state index contributed by atoms with van der Waals surface area (Å²) in [6.45, 7) is 0. The fourth-order valence-electron chi connectivity index (χ4n) is 1.26. The van der Waals surface area contributed by atoms with E-state index in [0.29, 0.717) is 5.92 Å². The van der Waals surface area contributed by atoms with Gasteiger partial charge < -0.3 is 0 Å². The smallest absolute Gasteiger partial charge is 0.163 e. The highest BCUT2D eigenvalue weighted by atomic mass is 15.2. The summed E-state index contributed by atoms with van der Waals surface area (Å²) in [6.07, 6.45) is 20.7. The van der Waals surface area contributed by atoms with E-state index in [1.54, 1.807) is 6.21 Å². The summed E-state index contributed by atoms with van der Waals surface area (Å²) in [5, 5.41) is 7.93. The van der Waals surface area contributed by atoms with Crippen molar-refractivity contribution in [2.45, 2.75) is 0 Å². The lowest BCUT2D eigenvalue weighted by Gasteiger charge is -1.90. The van der Waals surface area contributed by atoms with E-state index in [1.165, 1.54) is 0 Å². The highest BCUT2D eigenvalue weighted by Gasteiger charge is 2.09. The van der Waals surface area contributed by atoms with Crippen LogP contribution in [0.4, 0.5) is 0 Å². The Balaban J connectivity index is 1.81. The van der Waals surface area contributed by atoms with Gasteiger partial charge in [0.15, 0.2) is 12.0 Å². The van der Waals surface area contributed by atoms with E-state index in [-0.39, 0.29) is 5.92 Å². The van der Waals surface area contributed by atoms with E-state index in [1.807, 2.05) is 36.6 Å². The van der Waals surface area contributed by atoms with E-state index in [4.69, 9.17) is 0 Å². The second-order valence-electron chi connectivity index (χ2n) is 3.12. The van der Waals surface area contributed by atoms with Gasteiger partial charge in [-0.15, -0.1) is 0 Å². The van der Waals surface area contributed by atoms with Gasteiger partial charge >= 0.3 is 0 Å². The molecule has 1 unspecified atom stereocenters. The third-order valence-electron chi connectivity index (χ3n) is 2.01. The molecule has 14 heavy (non-hydrogen) atoms. The lowest BCUT2D eigenvalue weighted by molar-refractivity contribution is 1.10. The van der Waals surface area contributed by atoms with Crippen molar-refractivity contribution in [1.29, 1.82) is 0 Å². The van der Waals surface area contributed by atoms with E-state index in [0.717, 1.165) is 0 Å². The first-order valence-corrected chi connectivity index (χ1v) is 4.63. The second kappa shape index (κ2) is 4.45. The molecule has 68 valence electrons. The van der Waals surface area contributed by atoms with E-state index in [2.05, 4.69) is 28.4 Å².